The van der Waals surface area contributed by atoms with E-state index in [1.807, 2.05) is 0 Å². The van der Waals surface area contributed by atoms with Crippen molar-refractivity contribution in [2.75, 3.05) is 0 Å². The van der Waals surface area contributed by atoms with Crippen LogP contribution >= 0.6 is 11.6 Å². The van der Waals surface area contributed by atoms with Gasteiger partial charge in [-0.2, -0.15) is 0 Å². The third-order valence-corrected chi connectivity index (χ3v) is 6.46. The molecule has 0 radical (unpaired) electrons. The first-order valence-electron chi connectivity index (χ1n) is 10.9. The molecule has 0 N–H and O–H groups in total. The van der Waals surface area contributed by atoms with Crippen LogP contribution in [0.3, 0.4) is 0 Å². The molecule has 35 heavy (non-hydrogen) atoms. The van der Waals surface area contributed by atoms with Gasteiger partial charge in [-0.25, -0.2) is 19.7 Å². The van der Waals surface area contributed by atoms with Crippen LogP contribution < -0.4 is 0 Å². The minimum Gasteiger partial charge on any atom is -0.456 e. The number of nitrogens with zero attached hydrogens (tertiary/aromatic N) is 4. The SMILES string of the molecule is CC(=O)OC1[C@H](OC(C)=O)[C@H](n2cnc3c(Cl)ncnc32)O[C@]12CC[C@H]2OC(=O)c1ccccc1. The third kappa shape index (κ3) is 4.00. The predicted octanol–water partition coefficient (Wildman–Crippen LogP) is 2.63. The molecule has 182 valence electrons. The van der Waals surface area contributed by atoms with Gasteiger partial charge in [-0.15, -0.1) is 0 Å². The Balaban J connectivity index is 1.54. The summed E-state index contributed by atoms with van der Waals surface area (Å²) >= 11 is 6.15. The second-order valence-corrected chi connectivity index (χ2v) is 8.71. The number of hydrogen-bond acceptors (Lipinski definition) is 10. The monoisotopic (exact) mass is 500 g/mol. The molecule has 12 heteroatoms. The number of fused-ring (bicyclic) bond motifs is 1. The lowest BCUT2D eigenvalue weighted by Crippen LogP contribution is -2.62. The number of esters is 3. The summed E-state index contributed by atoms with van der Waals surface area (Å²) in [4.78, 5) is 49.3. The van der Waals surface area contributed by atoms with E-state index in [1.165, 1.54) is 31.1 Å². The molecule has 2 aromatic heterocycles. The summed E-state index contributed by atoms with van der Waals surface area (Å²) in [6, 6.07) is 8.52. The molecule has 1 aromatic carbocycles. The van der Waals surface area contributed by atoms with Gasteiger partial charge in [-0.05, 0) is 25.0 Å². The second kappa shape index (κ2) is 8.90. The van der Waals surface area contributed by atoms with Crippen molar-refractivity contribution >= 4 is 40.7 Å². The first-order chi connectivity index (χ1) is 16.8. The van der Waals surface area contributed by atoms with E-state index in [0.29, 0.717) is 29.6 Å². The molecule has 1 aliphatic carbocycles. The number of rotatable bonds is 5. The number of halogens is 1. The van der Waals surface area contributed by atoms with Crippen molar-refractivity contribution in [3.8, 4) is 0 Å². The zero-order valence-corrected chi connectivity index (χ0v) is 19.5. The highest BCUT2D eigenvalue weighted by molar-refractivity contribution is 6.33. The molecule has 1 saturated heterocycles. The van der Waals surface area contributed by atoms with Gasteiger partial charge in [0.1, 0.15) is 23.5 Å². The van der Waals surface area contributed by atoms with Gasteiger partial charge in [0.15, 0.2) is 29.2 Å². The van der Waals surface area contributed by atoms with Gasteiger partial charge in [0.25, 0.3) is 0 Å². The Morgan fingerprint density at radius 1 is 1.06 bits per heavy atom. The van der Waals surface area contributed by atoms with Crippen molar-refractivity contribution in [1.29, 1.82) is 0 Å². The summed E-state index contributed by atoms with van der Waals surface area (Å²) in [7, 11) is 0. The van der Waals surface area contributed by atoms with Gasteiger partial charge in [-0.1, -0.05) is 29.8 Å². The van der Waals surface area contributed by atoms with E-state index in [1.54, 1.807) is 30.3 Å². The molecular formula is C23H21ClN4O7. The second-order valence-electron chi connectivity index (χ2n) is 8.35. The average molecular weight is 501 g/mol. The quantitative estimate of drug-likeness (QED) is 0.292. The third-order valence-electron chi connectivity index (χ3n) is 6.19. The van der Waals surface area contributed by atoms with Gasteiger partial charge in [0.2, 0.25) is 0 Å². The fourth-order valence-corrected chi connectivity index (χ4v) is 4.78. The van der Waals surface area contributed by atoms with Crippen LogP contribution in [0.15, 0.2) is 43.0 Å². The highest BCUT2D eigenvalue weighted by Crippen LogP contribution is 2.53. The first-order valence-corrected chi connectivity index (χ1v) is 11.3. The highest BCUT2D eigenvalue weighted by Gasteiger charge is 2.68. The topological polar surface area (TPSA) is 132 Å². The van der Waals surface area contributed by atoms with Crippen LogP contribution in [-0.2, 0) is 28.5 Å². The molecule has 1 spiro atoms. The Bertz CT molecular complexity index is 1300. The normalized spacial score (nSPS) is 27.4. The van der Waals surface area contributed by atoms with Crippen LogP contribution in [0.5, 0.6) is 0 Å². The van der Waals surface area contributed by atoms with Crippen LogP contribution in [-0.4, -0.2) is 61.3 Å². The Morgan fingerprint density at radius 3 is 2.46 bits per heavy atom. The van der Waals surface area contributed by atoms with Crippen LogP contribution in [0.4, 0.5) is 0 Å². The predicted molar refractivity (Wildman–Crippen MR) is 119 cm³/mol. The van der Waals surface area contributed by atoms with Gasteiger partial charge < -0.3 is 18.9 Å². The molecule has 0 amide bonds. The summed E-state index contributed by atoms with van der Waals surface area (Å²) in [5.41, 5.74) is -0.210. The van der Waals surface area contributed by atoms with Crippen molar-refractivity contribution < 1.29 is 33.3 Å². The summed E-state index contributed by atoms with van der Waals surface area (Å²) < 4.78 is 25.0. The maximum atomic E-state index is 12.8. The highest BCUT2D eigenvalue weighted by atomic mass is 35.5. The van der Waals surface area contributed by atoms with Gasteiger partial charge in [-0.3, -0.25) is 14.2 Å². The number of ether oxygens (including phenoxy) is 4. The molecule has 1 saturated carbocycles. The molecule has 0 bridgehead atoms. The van der Waals surface area contributed by atoms with E-state index in [4.69, 9.17) is 30.5 Å². The van der Waals surface area contributed by atoms with Gasteiger partial charge in [0.05, 0.1) is 11.9 Å². The molecule has 3 heterocycles. The molecule has 11 nitrogen and oxygen atoms in total. The van der Waals surface area contributed by atoms with E-state index >= 15 is 0 Å². The molecule has 2 aliphatic rings. The molecule has 1 unspecified atom stereocenters. The standard InChI is InChI=1S/C23H21ClN4O7/c1-12(29)32-17-18(33-13(2)30)23(9-8-15(23)34-22(31)14-6-4-3-5-7-14)35-21(17)28-11-27-16-19(24)25-10-26-20(16)28/h3-7,10-11,15,17-18,21H,8-9H2,1-2H3/t15-,17+,18?,21-,23+/m1/s1. The average Bonchev–Trinajstić information content (AvgIpc) is 3.38. The van der Waals surface area contributed by atoms with Crippen LogP contribution in [0.2, 0.25) is 5.15 Å². The van der Waals surface area contributed by atoms with Gasteiger partial charge >= 0.3 is 17.9 Å². The zero-order valence-electron chi connectivity index (χ0n) is 18.8. The molecule has 3 aromatic rings. The van der Waals surface area contributed by atoms with Crippen LogP contribution in [0.25, 0.3) is 11.2 Å². The fourth-order valence-electron chi connectivity index (χ4n) is 4.61. The number of carbonyl (C=O) groups excluding carboxylic acids is 3. The molecule has 5 rings (SSSR count). The summed E-state index contributed by atoms with van der Waals surface area (Å²) in [5, 5.41) is 0.139. The smallest absolute Gasteiger partial charge is 0.338 e. The van der Waals surface area contributed by atoms with E-state index in [2.05, 4.69) is 15.0 Å². The summed E-state index contributed by atoms with van der Waals surface area (Å²) in [5.74, 6) is -1.75. The molecular weight excluding hydrogens is 480 g/mol. The van der Waals surface area contributed by atoms with Crippen molar-refractivity contribution in [1.82, 2.24) is 19.5 Å². The largest absolute Gasteiger partial charge is 0.456 e. The van der Waals surface area contributed by atoms with Gasteiger partial charge in [0, 0.05) is 13.8 Å². The molecule has 2 fully saturated rings. The van der Waals surface area contributed by atoms with Crippen LogP contribution in [0.1, 0.15) is 43.3 Å². The van der Waals surface area contributed by atoms with E-state index in [9.17, 15) is 14.4 Å². The van der Waals surface area contributed by atoms with E-state index in [0.717, 1.165) is 0 Å². The lowest BCUT2D eigenvalue weighted by Gasteiger charge is -2.47. The number of aromatic nitrogens is 4. The maximum absolute atomic E-state index is 12.8. The number of carbonyl (C=O) groups is 3. The van der Waals surface area contributed by atoms with Crippen LogP contribution in [0, 0.1) is 0 Å². The number of benzene rings is 1. The Morgan fingerprint density at radius 2 is 1.80 bits per heavy atom. The first kappa shape index (κ1) is 23.2. The minimum absolute atomic E-state index is 0.139. The van der Waals surface area contributed by atoms with Crippen molar-refractivity contribution in [3.63, 3.8) is 0 Å². The zero-order chi connectivity index (χ0) is 24.7. The molecule has 1 aliphatic heterocycles. The summed E-state index contributed by atoms with van der Waals surface area (Å²) in [6.45, 7) is 2.49. The Kier molecular flexibility index (Phi) is 5.89. The fraction of sp³-hybridized carbons (Fsp3) is 0.391. The molecule has 5 atom stereocenters. The minimum atomic E-state index is -1.24. The Hall–Kier alpha value is -3.57. The van der Waals surface area contributed by atoms with E-state index in [-0.39, 0.29) is 5.15 Å². The summed E-state index contributed by atoms with van der Waals surface area (Å²) in [6.07, 6.45) is -0.297. The van der Waals surface area contributed by atoms with Crippen molar-refractivity contribution in [2.45, 2.75) is 56.8 Å². The lowest BCUT2D eigenvalue weighted by molar-refractivity contribution is -0.221. The lowest BCUT2D eigenvalue weighted by atomic mass is 9.72. The van der Waals surface area contributed by atoms with Crippen molar-refractivity contribution in [2.24, 2.45) is 0 Å². The maximum Gasteiger partial charge on any atom is 0.338 e. The Labute approximate surface area is 204 Å². The van der Waals surface area contributed by atoms with Crippen molar-refractivity contribution in [3.05, 3.63) is 53.7 Å². The number of imidazole rings is 1. The number of hydrogen-bond donors (Lipinski definition) is 0. The van der Waals surface area contributed by atoms with E-state index < -0.39 is 48.0 Å².